The van der Waals surface area contributed by atoms with Crippen LogP contribution in [0, 0.1) is 0 Å². The molecule has 2 aliphatic carbocycles. The Labute approximate surface area is 153 Å². The van der Waals surface area contributed by atoms with E-state index >= 15 is 0 Å². The molecule has 1 aromatic carbocycles. The molecule has 1 aliphatic heterocycles. The second kappa shape index (κ2) is 6.41. The lowest BCUT2D eigenvalue weighted by Gasteiger charge is -2.35. The minimum atomic E-state index is -0.727. The molecule has 4 rings (SSSR count). The zero-order valence-corrected chi connectivity index (χ0v) is 15.2. The molecule has 0 aromatic heterocycles. The molecule has 1 saturated heterocycles. The second-order valence-electron chi connectivity index (χ2n) is 7.68. The topological polar surface area (TPSA) is 69.7 Å². The normalized spacial score (nSPS) is 24.3. The second-order valence-corrected chi connectivity index (χ2v) is 7.68. The van der Waals surface area contributed by atoms with Crippen LogP contribution in [-0.2, 0) is 16.0 Å². The molecule has 2 fully saturated rings. The summed E-state index contributed by atoms with van der Waals surface area (Å²) in [6, 6.07) is 7.70. The molecule has 4 amide bonds. The minimum Gasteiger partial charge on any atom is -0.348 e. The maximum absolute atomic E-state index is 13.0. The molecule has 1 spiro atoms. The maximum Gasteiger partial charge on any atom is 0.327 e. The van der Waals surface area contributed by atoms with Gasteiger partial charge in [0.05, 0.1) is 6.04 Å². The molecule has 1 N–H and O–H groups in total. The average Bonchev–Trinajstić information content (AvgIpc) is 3.13. The molecule has 26 heavy (non-hydrogen) atoms. The number of fused-ring (bicyclic) bond motifs is 1. The van der Waals surface area contributed by atoms with Gasteiger partial charge in [-0.1, -0.05) is 43.5 Å². The van der Waals surface area contributed by atoms with Crippen LogP contribution in [0.2, 0.25) is 0 Å². The van der Waals surface area contributed by atoms with Crippen LogP contribution >= 0.6 is 0 Å². The van der Waals surface area contributed by atoms with Gasteiger partial charge in [-0.25, -0.2) is 4.79 Å². The van der Waals surface area contributed by atoms with Crippen LogP contribution in [0.4, 0.5) is 4.79 Å². The van der Waals surface area contributed by atoms with Crippen molar-refractivity contribution in [2.45, 2.75) is 56.5 Å². The molecule has 1 saturated carbocycles. The van der Waals surface area contributed by atoms with Gasteiger partial charge in [-0.2, -0.15) is 0 Å². The number of benzene rings is 1. The van der Waals surface area contributed by atoms with Crippen LogP contribution in [-0.4, -0.2) is 46.8 Å². The van der Waals surface area contributed by atoms with Gasteiger partial charge < -0.3 is 10.2 Å². The first-order valence-electron chi connectivity index (χ1n) is 9.50. The third-order valence-corrected chi connectivity index (χ3v) is 6.25. The fraction of sp³-hybridized carbons (Fsp3) is 0.550. The lowest BCUT2D eigenvalue weighted by Crippen LogP contribution is -2.49. The molecule has 1 aromatic rings. The Balaban J connectivity index is 1.45. The summed E-state index contributed by atoms with van der Waals surface area (Å²) in [6.07, 6.45) is 6.18. The van der Waals surface area contributed by atoms with Crippen molar-refractivity contribution in [2.75, 3.05) is 13.6 Å². The SMILES string of the molecule is CN1C(=O)N(CC(=O)N[C@@H]2CCc3ccccc32)C(=O)C12CCCCC2. The highest BCUT2D eigenvalue weighted by Crippen LogP contribution is 2.39. The van der Waals surface area contributed by atoms with E-state index < -0.39 is 5.54 Å². The van der Waals surface area contributed by atoms with Crippen molar-refractivity contribution >= 4 is 17.8 Å². The summed E-state index contributed by atoms with van der Waals surface area (Å²) in [5, 5.41) is 3.01. The van der Waals surface area contributed by atoms with Crippen molar-refractivity contribution in [3.8, 4) is 0 Å². The van der Waals surface area contributed by atoms with E-state index in [0.717, 1.165) is 42.6 Å². The van der Waals surface area contributed by atoms with E-state index in [4.69, 9.17) is 0 Å². The summed E-state index contributed by atoms with van der Waals surface area (Å²) in [7, 11) is 1.69. The van der Waals surface area contributed by atoms with Crippen LogP contribution in [0.5, 0.6) is 0 Å². The van der Waals surface area contributed by atoms with Gasteiger partial charge in [0, 0.05) is 7.05 Å². The van der Waals surface area contributed by atoms with Gasteiger partial charge in [-0.05, 0) is 36.8 Å². The van der Waals surface area contributed by atoms with E-state index in [1.54, 1.807) is 11.9 Å². The van der Waals surface area contributed by atoms with Gasteiger partial charge in [0.1, 0.15) is 12.1 Å². The Bertz CT molecular complexity index is 754. The molecule has 0 unspecified atom stereocenters. The Morgan fingerprint density at radius 2 is 1.92 bits per heavy atom. The van der Waals surface area contributed by atoms with E-state index in [0.29, 0.717) is 12.8 Å². The third kappa shape index (κ3) is 2.59. The summed E-state index contributed by atoms with van der Waals surface area (Å²) in [4.78, 5) is 40.8. The predicted molar refractivity (Wildman–Crippen MR) is 96.3 cm³/mol. The molecule has 138 valence electrons. The number of aryl methyl sites for hydroxylation is 1. The largest absolute Gasteiger partial charge is 0.348 e. The number of hydrogen-bond acceptors (Lipinski definition) is 3. The number of carbonyl (C=O) groups is 3. The summed E-state index contributed by atoms with van der Waals surface area (Å²) >= 11 is 0. The van der Waals surface area contributed by atoms with Crippen molar-refractivity contribution in [1.82, 2.24) is 15.1 Å². The molecule has 6 nitrogen and oxygen atoms in total. The lowest BCUT2D eigenvalue weighted by atomic mass is 9.81. The van der Waals surface area contributed by atoms with E-state index in [-0.39, 0.29) is 30.4 Å². The Morgan fingerprint density at radius 3 is 2.69 bits per heavy atom. The molecular weight excluding hydrogens is 330 g/mol. The quantitative estimate of drug-likeness (QED) is 0.847. The highest BCUT2D eigenvalue weighted by Gasteiger charge is 2.55. The number of nitrogens with zero attached hydrogens (tertiary/aromatic N) is 2. The van der Waals surface area contributed by atoms with Crippen molar-refractivity contribution in [2.24, 2.45) is 0 Å². The number of nitrogens with one attached hydrogen (secondary N) is 1. The highest BCUT2D eigenvalue weighted by molar-refractivity contribution is 6.09. The molecule has 6 heteroatoms. The molecule has 3 aliphatic rings. The first-order valence-corrected chi connectivity index (χ1v) is 9.50. The average molecular weight is 355 g/mol. The van der Waals surface area contributed by atoms with E-state index in [1.165, 1.54) is 5.56 Å². The van der Waals surface area contributed by atoms with Gasteiger partial charge >= 0.3 is 6.03 Å². The summed E-state index contributed by atoms with van der Waals surface area (Å²) < 4.78 is 0. The van der Waals surface area contributed by atoms with Crippen LogP contribution < -0.4 is 5.32 Å². The van der Waals surface area contributed by atoms with Gasteiger partial charge in [-0.3, -0.25) is 14.5 Å². The molecule has 1 heterocycles. The molecule has 0 radical (unpaired) electrons. The Hall–Kier alpha value is -2.37. The van der Waals surface area contributed by atoms with Crippen molar-refractivity contribution < 1.29 is 14.4 Å². The van der Waals surface area contributed by atoms with Crippen LogP contribution in [0.1, 0.15) is 55.7 Å². The molecule has 1 atom stereocenters. The number of carbonyl (C=O) groups excluding carboxylic acids is 3. The van der Waals surface area contributed by atoms with Gasteiger partial charge in [0.2, 0.25) is 5.91 Å². The summed E-state index contributed by atoms with van der Waals surface area (Å²) in [6.45, 7) is -0.192. The number of urea groups is 1. The zero-order valence-electron chi connectivity index (χ0n) is 15.2. The van der Waals surface area contributed by atoms with Crippen LogP contribution in [0.3, 0.4) is 0 Å². The first kappa shape index (κ1) is 17.1. The van der Waals surface area contributed by atoms with E-state index in [9.17, 15) is 14.4 Å². The summed E-state index contributed by atoms with van der Waals surface area (Å²) in [5.74, 6) is -0.471. The van der Waals surface area contributed by atoms with E-state index in [2.05, 4.69) is 11.4 Å². The predicted octanol–water partition coefficient (Wildman–Crippen LogP) is 2.39. The standard InChI is InChI=1S/C20H25N3O3/c1-22-19(26)23(18(25)20(22)11-5-2-6-12-20)13-17(24)21-16-10-9-14-7-3-4-8-15(14)16/h3-4,7-8,16H,2,5-6,9-13H2,1H3,(H,21,24)/t16-/m1/s1. The number of hydrogen-bond donors (Lipinski definition) is 1. The number of imide groups is 1. The minimum absolute atomic E-state index is 0.0344. The number of rotatable bonds is 3. The fourth-order valence-electron chi connectivity index (χ4n) is 4.76. The highest BCUT2D eigenvalue weighted by atomic mass is 16.2. The van der Waals surface area contributed by atoms with Gasteiger partial charge in [0.25, 0.3) is 5.91 Å². The maximum atomic E-state index is 13.0. The van der Waals surface area contributed by atoms with Gasteiger partial charge in [-0.15, -0.1) is 0 Å². The zero-order chi connectivity index (χ0) is 18.3. The Morgan fingerprint density at radius 1 is 1.19 bits per heavy atom. The monoisotopic (exact) mass is 355 g/mol. The van der Waals surface area contributed by atoms with Crippen LogP contribution in [0.15, 0.2) is 24.3 Å². The smallest absolute Gasteiger partial charge is 0.327 e. The molecular formula is C20H25N3O3. The molecule has 0 bridgehead atoms. The van der Waals surface area contributed by atoms with Crippen molar-refractivity contribution in [3.05, 3.63) is 35.4 Å². The van der Waals surface area contributed by atoms with E-state index in [1.807, 2.05) is 18.2 Å². The van der Waals surface area contributed by atoms with Crippen LogP contribution in [0.25, 0.3) is 0 Å². The first-order chi connectivity index (χ1) is 12.5. The Kier molecular flexibility index (Phi) is 4.21. The lowest BCUT2D eigenvalue weighted by molar-refractivity contribution is -0.137. The summed E-state index contributed by atoms with van der Waals surface area (Å²) in [5.41, 5.74) is 1.67. The fourth-order valence-corrected chi connectivity index (χ4v) is 4.76. The van der Waals surface area contributed by atoms with Crippen molar-refractivity contribution in [1.29, 1.82) is 0 Å². The third-order valence-electron chi connectivity index (χ3n) is 6.25. The number of likely N-dealkylation sites (N-methyl/N-ethyl adjacent to an activating group) is 1. The number of amides is 4. The van der Waals surface area contributed by atoms with Crippen molar-refractivity contribution in [3.63, 3.8) is 0 Å². The van der Waals surface area contributed by atoms with Gasteiger partial charge in [0.15, 0.2) is 0 Å².